The van der Waals surface area contributed by atoms with Crippen LogP contribution in [0.3, 0.4) is 0 Å². The van der Waals surface area contributed by atoms with Crippen LogP contribution in [-0.2, 0) is 19.1 Å². The van der Waals surface area contributed by atoms with Crippen molar-refractivity contribution in [3.8, 4) is 5.75 Å². The summed E-state index contributed by atoms with van der Waals surface area (Å²) in [4.78, 5) is 38.5. The van der Waals surface area contributed by atoms with E-state index in [1.807, 2.05) is 38.1 Å². The number of nitrogens with one attached hydrogen (secondary N) is 1. The summed E-state index contributed by atoms with van der Waals surface area (Å²) in [6.45, 7) is 3.58. The van der Waals surface area contributed by atoms with Gasteiger partial charge in [0.2, 0.25) is 5.91 Å². The lowest BCUT2D eigenvalue weighted by Crippen LogP contribution is -2.28. The summed E-state index contributed by atoms with van der Waals surface area (Å²) in [6.07, 6.45) is 0.0371. The topological polar surface area (TPSA) is 84.9 Å². The monoisotopic (exact) mass is 396 g/mol. The number of hydrogen-bond donors (Lipinski definition) is 1. The summed E-state index contributed by atoms with van der Waals surface area (Å²) in [5.41, 5.74) is 3.19. The molecule has 0 aliphatic carbocycles. The largest absolute Gasteiger partial charge is 0.495 e. The first-order valence-corrected chi connectivity index (χ1v) is 9.36. The minimum atomic E-state index is -0.625. The van der Waals surface area contributed by atoms with Crippen LogP contribution < -0.4 is 15.0 Å². The number of ether oxygens (including phenoxy) is 2. The second kappa shape index (κ2) is 8.77. The SMILES string of the molecule is COc1ccccc1N1C[C@H](C(=O)OCC(=O)Nc2c(C)cccc2C)CC1=O. The third-order valence-electron chi connectivity index (χ3n) is 4.93. The summed E-state index contributed by atoms with van der Waals surface area (Å²) in [6, 6.07) is 12.8. The molecular weight excluding hydrogens is 372 g/mol. The average molecular weight is 396 g/mol. The quantitative estimate of drug-likeness (QED) is 0.759. The van der Waals surface area contributed by atoms with E-state index in [2.05, 4.69) is 5.32 Å². The van der Waals surface area contributed by atoms with Gasteiger partial charge in [-0.25, -0.2) is 0 Å². The molecule has 1 aliphatic rings. The Morgan fingerprint density at radius 1 is 1.10 bits per heavy atom. The number of para-hydroxylation sites is 3. The summed E-state index contributed by atoms with van der Waals surface area (Å²) in [7, 11) is 1.53. The molecule has 1 aliphatic heterocycles. The lowest BCUT2D eigenvalue weighted by atomic mass is 10.1. The van der Waals surface area contributed by atoms with Crippen molar-refractivity contribution in [2.75, 3.05) is 30.5 Å². The van der Waals surface area contributed by atoms with Gasteiger partial charge in [0, 0.05) is 18.7 Å². The third-order valence-corrected chi connectivity index (χ3v) is 4.93. The molecular formula is C22H24N2O5. The Hall–Kier alpha value is -3.35. The van der Waals surface area contributed by atoms with Crippen molar-refractivity contribution in [2.45, 2.75) is 20.3 Å². The molecule has 1 atom stereocenters. The molecule has 7 heteroatoms. The molecule has 0 radical (unpaired) electrons. The van der Waals surface area contributed by atoms with Crippen LogP contribution in [0.5, 0.6) is 5.75 Å². The molecule has 2 aromatic carbocycles. The smallest absolute Gasteiger partial charge is 0.311 e. The van der Waals surface area contributed by atoms with Crippen LogP contribution in [0.2, 0.25) is 0 Å². The average Bonchev–Trinajstić information content (AvgIpc) is 3.10. The fraction of sp³-hybridized carbons (Fsp3) is 0.318. The first-order valence-electron chi connectivity index (χ1n) is 9.36. The van der Waals surface area contributed by atoms with Crippen molar-refractivity contribution in [3.05, 3.63) is 53.6 Å². The number of benzene rings is 2. The maximum atomic E-state index is 12.4. The highest BCUT2D eigenvalue weighted by atomic mass is 16.5. The number of rotatable bonds is 6. The summed E-state index contributed by atoms with van der Waals surface area (Å²) in [5.74, 6) is -1.23. The number of hydrogen-bond acceptors (Lipinski definition) is 5. The van der Waals surface area contributed by atoms with E-state index >= 15 is 0 Å². The molecule has 0 spiro atoms. The van der Waals surface area contributed by atoms with Crippen molar-refractivity contribution >= 4 is 29.2 Å². The molecule has 0 aromatic heterocycles. The second-order valence-corrected chi connectivity index (χ2v) is 7.00. The molecule has 0 saturated carbocycles. The van der Waals surface area contributed by atoms with Gasteiger partial charge in [0.05, 0.1) is 18.7 Å². The van der Waals surface area contributed by atoms with Crippen molar-refractivity contribution in [1.82, 2.24) is 0 Å². The van der Waals surface area contributed by atoms with E-state index < -0.39 is 24.4 Å². The van der Waals surface area contributed by atoms with Gasteiger partial charge in [0.25, 0.3) is 5.91 Å². The van der Waals surface area contributed by atoms with Gasteiger partial charge in [-0.05, 0) is 37.1 Å². The number of nitrogens with zero attached hydrogens (tertiary/aromatic N) is 1. The van der Waals surface area contributed by atoms with Gasteiger partial charge in [-0.3, -0.25) is 14.4 Å². The number of carbonyl (C=O) groups excluding carboxylic acids is 3. The molecule has 3 rings (SSSR count). The lowest BCUT2D eigenvalue weighted by Gasteiger charge is -2.19. The van der Waals surface area contributed by atoms with E-state index in [1.165, 1.54) is 12.0 Å². The van der Waals surface area contributed by atoms with E-state index in [-0.39, 0.29) is 18.9 Å². The highest BCUT2D eigenvalue weighted by Crippen LogP contribution is 2.33. The fourth-order valence-corrected chi connectivity index (χ4v) is 3.39. The first kappa shape index (κ1) is 20.4. The molecule has 0 bridgehead atoms. The van der Waals surface area contributed by atoms with Gasteiger partial charge >= 0.3 is 5.97 Å². The van der Waals surface area contributed by atoms with Crippen molar-refractivity contribution < 1.29 is 23.9 Å². The van der Waals surface area contributed by atoms with Gasteiger partial charge in [0.1, 0.15) is 5.75 Å². The molecule has 1 saturated heterocycles. The van der Waals surface area contributed by atoms with E-state index in [0.717, 1.165) is 11.1 Å². The first-order chi connectivity index (χ1) is 13.9. The highest BCUT2D eigenvalue weighted by molar-refractivity contribution is 6.01. The van der Waals surface area contributed by atoms with Crippen LogP contribution in [0.4, 0.5) is 11.4 Å². The molecule has 0 unspecified atom stereocenters. The predicted octanol–water partition coefficient (Wildman–Crippen LogP) is 2.85. The van der Waals surface area contributed by atoms with Crippen molar-refractivity contribution in [3.63, 3.8) is 0 Å². The van der Waals surface area contributed by atoms with Gasteiger partial charge in [-0.1, -0.05) is 30.3 Å². The maximum Gasteiger partial charge on any atom is 0.311 e. The molecule has 152 valence electrons. The Morgan fingerprint density at radius 3 is 2.48 bits per heavy atom. The van der Waals surface area contributed by atoms with Crippen LogP contribution >= 0.6 is 0 Å². The molecule has 1 fully saturated rings. The van der Waals surface area contributed by atoms with Crippen molar-refractivity contribution in [1.29, 1.82) is 0 Å². The molecule has 29 heavy (non-hydrogen) atoms. The normalized spacial score (nSPS) is 15.9. The molecule has 7 nitrogen and oxygen atoms in total. The fourth-order valence-electron chi connectivity index (χ4n) is 3.39. The van der Waals surface area contributed by atoms with Crippen molar-refractivity contribution in [2.24, 2.45) is 5.92 Å². The lowest BCUT2D eigenvalue weighted by molar-refractivity contribution is -0.151. The minimum Gasteiger partial charge on any atom is -0.495 e. The van der Waals surface area contributed by atoms with E-state index in [4.69, 9.17) is 9.47 Å². The number of anilines is 2. The summed E-state index contributed by atoms with van der Waals surface area (Å²) < 4.78 is 10.5. The zero-order chi connectivity index (χ0) is 21.0. The minimum absolute atomic E-state index is 0.0371. The Bertz CT molecular complexity index is 920. The van der Waals surface area contributed by atoms with Crippen LogP contribution in [-0.4, -0.2) is 38.0 Å². The van der Waals surface area contributed by atoms with Gasteiger partial charge in [-0.15, -0.1) is 0 Å². The van der Waals surface area contributed by atoms with Gasteiger partial charge in [0.15, 0.2) is 6.61 Å². The molecule has 2 aromatic rings. The zero-order valence-corrected chi connectivity index (χ0v) is 16.7. The Morgan fingerprint density at radius 2 is 1.79 bits per heavy atom. The number of esters is 1. The molecule has 2 amide bonds. The Balaban J connectivity index is 1.58. The molecule has 1 heterocycles. The van der Waals surface area contributed by atoms with Gasteiger partial charge < -0.3 is 19.7 Å². The number of aryl methyl sites for hydroxylation is 2. The van der Waals surface area contributed by atoms with E-state index in [9.17, 15) is 14.4 Å². The summed E-state index contributed by atoms with van der Waals surface area (Å²) >= 11 is 0. The van der Waals surface area contributed by atoms with Gasteiger partial charge in [-0.2, -0.15) is 0 Å². The van der Waals surface area contributed by atoms with E-state index in [0.29, 0.717) is 17.1 Å². The Kier molecular flexibility index (Phi) is 6.16. The number of amides is 2. The Labute approximate surface area is 169 Å². The standard InChI is InChI=1S/C22H24N2O5/c1-14-7-6-8-15(2)21(14)23-19(25)13-29-22(27)16-11-20(26)24(12-16)17-9-4-5-10-18(17)28-3/h4-10,16H,11-13H2,1-3H3,(H,23,25)/t16-/m1/s1. The third kappa shape index (κ3) is 4.56. The van der Waals surface area contributed by atoms with E-state index in [1.54, 1.807) is 18.2 Å². The number of methoxy groups -OCH3 is 1. The second-order valence-electron chi connectivity index (χ2n) is 7.00. The maximum absolute atomic E-state index is 12.4. The number of carbonyl (C=O) groups is 3. The van der Waals surface area contributed by atoms with Crippen LogP contribution in [0.15, 0.2) is 42.5 Å². The van der Waals surface area contributed by atoms with Crippen LogP contribution in [0.1, 0.15) is 17.5 Å². The van der Waals surface area contributed by atoms with Crippen LogP contribution in [0.25, 0.3) is 0 Å². The van der Waals surface area contributed by atoms with Crippen LogP contribution in [0, 0.1) is 19.8 Å². The zero-order valence-electron chi connectivity index (χ0n) is 16.7. The summed E-state index contributed by atoms with van der Waals surface area (Å²) in [5, 5.41) is 2.77. The predicted molar refractivity (Wildman–Crippen MR) is 109 cm³/mol. The highest BCUT2D eigenvalue weighted by Gasteiger charge is 2.37. The molecule has 1 N–H and O–H groups in total.